The van der Waals surface area contributed by atoms with Gasteiger partial charge >= 0.3 is 0 Å². The number of aryl methyl sites for hydroxylation is 1. The molecule has 1 aliphatic rings. The predicted octanol–water partition coefficient (Wildman–Crippen LogP) is 0.901. The first kappa shape index (κ1) is 11.6. The lowest BCUT2D eigenvalue weighted by Gasteiger charge is -2.21. The van der Waals surface area contributed by atoms with Crippen LogP contribution < -0.4 is 0 Å². The number of aliphatic hydroxyl groups is 1. The lowest BCUT2D eigenvalue weighted by Crippen LogP contribution is -2.34. The summed E-state index contributed by atoms with van der Waals surface area (Å²) in [6.45, 7) is 5.87. The minimum atomic E-state index is -0.574. The molecule has 2 unspecified atom stereocenters. The normalized spacial score (nSPS) is 31.1. The van der Waals surface area contributed by atoms with Gasteiger partial charge in [0.2, 0.25) is 0 Å². The zero-order valence-corrected chi connectivity index (χ0v) is 10.3. The van der Waals surface area contributed by atoms with Crippen LogP contribution in [0.3, 0.4) is 0 Å². The molecule has 2 rings (SSSR count). The molecule has 0 radical (unpaired) electrons. The molecule has 90 valence electrons. The summed E-state index contributed by atoms with van der Waals surface area (Å²) in [7, 11) is 2.07. The summed E-state index contributed by atoms with van der Waals surface area (Å²) < 4.78 is 1.90. The van der Waals surface area contributed by atoms with Crippen molar-refractivity contribution in [3.05, 3.63) is 18.0 Å². The van der Waals surface area contributed by atoms with Crippen LogP contribution in [0.25, 0.3) is 0 Å². The molecule has 2 atom stereocenters. The van der Waals surface area contributed by atoms with Crippen LogP contribution in [-0.2, 0) is 13.0 Å². The summed E-state index contributed by atoms with van der Waals surface area (Å²) in [4.78, 5) is 2.21. The molecule has 0 aromatic carbocycles. The summed E-state index contributed by atoms with van der Waals surface area (Å²) in [5, 5.41) is 14.7. The molecule has 0 amide bonds. The summed E-state index contributed by atoms with van der Waals surface area (Å²) in [6.07, 6.45) is 5.45. The molecule has 0 bridgehead atoms. The van der Waals surface area contributed by atoms with Crippen molar-refractivity contribution in [1.29, 1.82) is 0 Å². The molecular weight excluding hydrogens is 202 g/mol. The Morgan fingerprint density at radius 2 is 2.38 bits per heavy atom. The number of likely N-dealkylation sites (N-methyl/N-ethyl adjacent to an activating group) is 1. The van der Waals surface area contributed by atoms with Gasteiger partial charge in [-0.05, 0) is 32.9 Å². The van der Waals surface area contributed by atoms with Crippen molar-refractivity contribution < 1.29 is 5.11 Å². The Kier molecular flexibility index (Phi) is 3.04. The smallest absolute Gasteiger partial charge is 0.0830 e. The number of β-amino-alcohol motifs (C(OH)–C–C–N with tert-alkyl or cyclic N) is 1. The first-order valence-corrected chi connectivity index (χ1v) is 5.96. The minimum absolute atomic E-state index is 0.464. The van der Waals surface area contributed by atoms with Crippen LogP contribution in [0.5, 0.6) is 0 Å². The fourth-order valence-electron chi connectivity index (χ4n) is 2.57. The molecule has 1 aliphatic heterocycles. The van der Waals surface area contributed by atoms with Crippen molar-refractivity contribution >= 4 is 0 Å². The molecule has 0 spiro atoms. The lowest BCUT2D eigenvalue weighted by atomic mass is 9.94. The number of nitrogens with zero attached hydrogens (tertiary/aromatic N) is 3. The molecule has 1 aromatic heterocycles. The SMILES string of the molecule is CCn1cc(CC2(O)CC(C)N(C)C2)cn1. The van der Waals surface area contributed by atoms with E-state index in [1.807, 2.05) is 17.1 Å². The molecule has 1 saturated heterocycles. The second kappa shape index (κ2) is 4.18. The number of aromatic nitrogens is 2. The molecule has 1 aromatic rings. The molecule has 1 fully saturated rings. The average molecular weight is 223 g/mol. The number of hydrogen-bond acceptors (Lipinski definition) is 3. The Balaban J connectivity index is 2.04. The predicted molar refractivity (Wildman–Crippen MR) is 63.3 cm³/mol. The second-order valence-electron chi connectivity index (χ2n) is 5.07. The van der Waals surface area contributed by atoms with Crippen molar-refractivity contribution in [1.82, 2.24) is 14.7 Å². The largest absolute Gasteiger partial charge is 0.388 e. The maximum Gasteiger partial charge on any atom is 0.0830 e. The molecule has 2 heterocycles. The van der Waals surface area contributed by atoms with Crippen molar-refractivity contribution in [2.24, 2.45) is 0 Å². The van der Waals surface area contributed by atoms with E-state index in [2.05, 4.69) is 30.9 Å². The molecule has 1 N–H and O–H groups in total. The Morgan fingerprint density at radius 3 is 2.88 bits per heavy atom. The maximum absolute atomic E-state index is 10.5. The number of likely N-dealkylation sites (tertiary alicyclic amines) is 1. The third-order valence-electron chi connectivity index (χ3n) is 3.52. The van der Waals surface area contributed by atoms with Crippen molar-refractivity contribution in [2.75, 3.05) is 13.6 Å². The zero-order chi connectivity index (χ0) is 11.8. The van der Waals surface area contributed by atoms with Gasteiger partial charge in [-0.15, -0.1) is 0 Å². The Labute approximate surface area is 96.9 Å². The van der Waals surface area contributed by atoms with E-state index in [0.717, 1.165) is 25.1 Å². The lowest BCUT2D eigenvalue weighted by molar-refractivity contribution is 0.0520. The number of rotatable bonds is 3. The average Bonchev–Trinajstić information content (AvgIpc) is 2.73. The molecule has 0 aliphatic carbocycles. The quantitative estimate of drug-likeness (QED) is 0.828. The van der Waals surface area contributed by atoms with Crippen LogP contribution in [0.1, 0.15) is 25.8 Å². The van der Waals surface area contributed by atoms with Gasteiger partial charge in [0, 0.05) is 31.7 Å². The van der Waals surface area contributed by atoms with Gasteiger partial charge in [0.15, 0.2) is 0 Å². The van der Waals surface area contributed by atoms with Gasteiger partial charge in [-0.3, -0.25) is 4.68 Å². The van der Waals surface area contributed by atoms with Gasteiger partial charge < -0.3 is 10.0 Å². The van der Waals surface area contributed by atoms with Gasteiger partial charge in [-0.25, -0.2) is 0 Å². The van der Waals surface area contributed by atoms with Gasteiger partial charge in [0.1, 0.15) is 0 Å². The highest BCUT2D eigenvalue weighted by Crippen LogP contribution is 2.28. The van der Waals surface area contributed by atoms with E-state index < -0.39 is 5.60 Å². The van der Waals surface area contributed by atoms with E-state index in [1.165, 1.54) is 0 Å². The van der Waals surface area contributed by atoms with Crippen LogP contribution in [0.2, 0.25) is 0 Å². The standard InChI is InChI=1S/C12H21N3O/c1-4-15-8-11(7-13-15)6-12(16)5-10(2)14(3)9-12/h7-8,10,16H,4-6,9H2,1-3H3. The Bertz CT molecular complexity index is 351. The molecule has 0 saturated carbocycles. The van der Waals surface area contributed by atoms with E-state index in [-0.39, 0.29) is 0 Å². The van der Waals surface area contributed by atoms with Gasteiger partial charge in [0.05, 0.1) is 11.8 Å². The van der Waals surface area contributed by atoms with Crippen LogP contribution in [-0.4, -0.2) is 45.0 Å². The fraction of sp³-hybridized carbons (Fsp3) is 0.750. The van der Waals surface area contributed by atoms with E-state index in [4.69, 9.17) is 0 Å². The molecule has 16 heavy (non-hydrogen) atoms. The van der Waals surface area contributed by atoms with Crippen molar-refractivity contribution in [3.63, 3.8) is 0 Å². The highest BCUT2D eigenvalue weighted by molar-refractivity contribution is 5.11. The van der Waals surface area contributed by atoms with E-state index >= 15 is 0 Å². The summed E-state index contributed by atoms with van der Waals surface area (Å²) >= 11 is 0. The maximum atomic E-state index is 10.5. The minimum Gasteiger partial charge on any atom is -0.388 e. The van der Waals surface area contributed by atoms with Crippen LogP contribution in [0.15, 0.2) is 12.4 Å². The Hall–Kier alpha value is -0.870. The van der Waals surface area contributed by atoms with E-state index in [1.54, 1.807) is 0 Å². The highest BCUT2D eigenvalue weighted by atomic mass is 16.3. The van der Waals surface area contributed by atoms with Crippen LogP contribution >= 0.6 is 0 Å². The first-order chi connectivity index (χ1) is 7.52. The monoisotopic (exact) mass is 223 g/mol. The van der Waals surface area contributed by atoms with E-state index in [9.17, 15) is 5.11 Å². The third-order valence-corrected chi connectivity index (χ3v) is 3.52. The van der Waals surface area contributed by atoms with Crippen molar-refractivity contribution in [2.45, 2.75) is 44.9 Å². The Morgan fingerprint density at radius 1 is 1.62 bits per heavy atom. The highest BCUT2D eigenvalue weighted by Gasteiger charge is 2.38. The molecule has 4 heteroatoms. The first-order valence-electron chi connectivity index (χ1n) is 5.96. The second-order valence-corrected chi connectivity index (χ2v) is 5.07. The summed E-state index contributed by atoms with van der Waals surface area (Å²) in [5.74, 6) is 0. The van der Waals surface area contributed by atoms with Gasteiger partial charge in [-0.2, -0.15) is 5.10 Å². The molecular formula is C12H21N3O. The van der Waals surface area contributed by atoms with Gasteiger partial charge in [-0.1, -0.05) is 0 Å². The zero-order valence-electron chi connectivity index (χ0n) is 10.3. The van der Waals surface area contributed by atoms with Crippen LogP contribution in [0.4, 0.5) is 0 Å². The van der Waals surface area contributed by atoms with Crippen LogP contribution in [0, 0.1) is 0 Å². The summed E-state index contributed by atoms with van der Waals surface area (Å²) in [5.41, 5.74) is 0.558. The topological polar surface area (TPSA) is 41.3 Å². The molecule has 4 nitrogen and oxygen atoms in total. The number of hydrogen-bond donors (Lipinski definition) is 1. The van der Waals surface area contributed by atoms with Gasteiger partial charge in [0.25, 0.3) is 0 Å². The summed E-state index contributed by atoms with van der Waals surface area (Å²) in [6, 6.07) is 0.464. The van der Waals surface area contributed by atoms with Crippen molar-refractivity contribution in [3.8, 4) is 0 Å². The van der Waals surface area contributed by atoms with E-state index in [0.29, 0.717) is 12.5 Å². The fourth-order valence-corrected chi connectivity index (χ4v) is 2.57. The third kappa shape index (κ3) is 2.28.